The minimum atomic E-state index is -0.105. The van der Waals surface area contributed by atoms with Crippen LogP contribution in [0.3, 0.4) is 0 Å². The maximum absolute atomic E-state index is 11.8. The summed E-state index contributed by atoms with van der Waals surface area (Å²) < 4.78 is 0. The van der Waals surface area contributed by atoms with E-state index < -0.39 is 0 Å². The zero-order valence-corrected chi connectivity index (χ0v) is 13.4. The summed E-state index contributed by atoms with van der Waals surface area (Å²) in [6, 6.07) is 9.14. The number of carbonyl (C=O) groups is 2. The van der Waals surface area contributed by atoms with Gasteiger partial charge in [0.2, 0.25) is 5.91 Å². The van der Waals surface area contributed by atoms with Gasteiger partial charge in [0.25, 0.3) is 5.91 Å². The van der Waals surface area contributed by atoms with Crippen LogP contribution in [0.5, 0.6) is 0 Å². The summed E-state index contributed by atoms with van der Waals surface area (Å²) in [4.78, 5) is 23.4. The fourth-order valence-electron chi connectivity index (χ4n) is 2.15. The third-order valence-electron chi connectivity index (χ3n) is 3.66. The molecule has 4 N–H and O–H groups in total. The lowest BCUT2D eigenvalue weighted by Crippen LogP contribution is -2.38. The predicted octanol–water partition coefficient (Wildman–Crippen LogP) is 1.47. The first kappa shape index (κ1) is 18.5. The van der Waals surface area contributed by atoms with Crippen LogP contribution in [0.1, 0.15) is 36.0 Å². The summed E-state index contributed by atoms with van der Waals surface area (Å²) in [5, 5.41) is 5.65. The average molecular weight is 326 g/mol. The molecule has 0 radical (unpaired) electrons. The molecule has 22 heavy (non-hydrogen) atoms. The van der Waals surface area contributed by atoms with E-state index in [1.807, 2.05) is 18.2 Å². The summed E-state index contributed by atoms with van der Waals surface area (Å²) in [5.74, 6) is 0.488. The van der Waals surface area contributed by atoms with Crippen LogP contribution in [-0.4, -0.2) is 30.9 Å². The van der Waals surface area contributed by atoms with Crippen molar-refractivity contribution in [3.05, 3.63) is 35.9 Å². The van der Waals surface area contributed by atoms with E-state index in [9.17, 15) is 9.59 Å². The molecule has 0 aromatic heterocycles. The maximum atomic E-state index is 11.8. The van der Waals surface area contributed by atoms with Gasteiger partial charge < -0.3 is 16.4 Å². The molecule has 0 aliphatic heterocycles. The van der Waals surface area contributed by atoms with Gasteiger partial charge >= 0.3 is 0 Å². The third-order valence-corrected chi connectivity index (χ3v) is 3.66. The SMILES string of the molecule is Cl.NC(CNC(=O)CCCNC(=O)c1ccccc1)C1CC1. The largest absolute Gasteiger partial charge is 0.355 e. The molecule has 2 amide bonds. The Hall–Kier alpha value is -1.59. The second-order valence-corrected chi connectivity index (χ2v) is 5.53. The Labute approximate surface area is 137 Å². The van der Waals surface area contributed by atoms with E-state index >= 15 is 0 Å². The zero-order chi connectivity index (χ0) is 15.1. The molecule has 122 valence electrons. The summed E-state index contributed by atoms with van der Waals surface area (Å²) in [6.07, 6.45) is 3.40. The molecule has 5 nitrogen and oxygen atoms in total. The van der Waals surface area contributed by atoms with Crippen molar-refractivity contribution in [3.8, 4) is 0 Å². The smallest absolute Gasteiger partial charge is 0.251 e. The Morgan fingerprint density at radius 3 is 2.50 bits per heavy atom. The Kier molecular flexibility index (Phi) is 7.91. The Morgan fingerprint density at radius 2 is 1.86 bits per heavy atom. The van der Waals surface area contributed by atoms with Crippen LogP contribution >= 0.6 is 12.4 Å². The first-order valence-electron chi connectivity index (χ1n) is 7.52. The summed E-state index contributed by atoms with van der Waals surface area (Å²) in [6.45, 7) is 1.05. The lowest BCUT2D eigenvalue weighted by atomic mass is 10.2. The van der Waals surface area contributed by atoms with Gasteiger partial charge in [-0.15, -0.1) is 12.4 Å². The van der Waals surface area contributed by atoms with Gasteiger partial charge in [0, 0.05) is 31.1 Å². The van der Waals surface area contributed by atoms with E-state index in [2.05, 4.69) is 10.6 Å². The number of carbonyl (C=O) groups excluding carboxylic acids is 2. The van der Waals surface area contributed by atoms with Crippen molar-refractivity contribution < 1.29 is 9.59 Å². The highest BCUT2D eigenvalue weighted by Gasteiger charge is 2.28. The molecule has 0 saturated heterocycles. The van der Waals surface area contributed by atoms with Crippen LogP contribution in [0.4, 0.5) is 0 Å². The Morgan fingerprint density at radius 1 is 1.18 bits per heavy atom. The Balaban J connectivity index is 0.00000242. The van der Waals surface area contributed by atoms with Crippen LogP contribution in [0.25, 0.3) is 0 Å². The fourth-order valence-corrected chi connectivity index (χ4v) is 2.15. The highest BCUT2D eigenvalue weighted by Crippen LogP contribution is 2.31. The van der Waals surface area contributed by atoms with E-state index in [0.717, 1.165) is 0 Å². The maximum Gasteiger partial charge on any atom is 0.251 e. The average Bonchev–Trinajstić information content (AvgIpc) is 3.34. The third kappa shape index (κ3) is 6.45. The van der Waals surface area contributed by atoms with Crippen molar-refractivity contribution in [1.82, 2.24) is 10.6 Å². The van der Waals surface area contributed by atoms with Crippen LogP contribution in [0.2, 0.25) is 0 Å². The number of nitrogens with one attached hydrogen (secondary N) is 2. The molecule has 2 rings (SSSR count). The molecule has 6 heteroatoms. The van der Waals surface area contributed by atoms with Crippen molar-refractivity contribution >= 4 is 24.2 Å². The molecule has 0 heterocycles. The molecule has 0 bridgehead atoms. The summed E-state index contributed by atoms with van der Waals surface area (Å²) >= 11 is 0. The van der Waals surface area contributed by atoms with Crippen molar-refractivity contribution in [2.75, 3.05) is 13.1 Å². The summed E-state index contributed by atoms with van der Waals surface area (Å²) in [5.41, 5.74) is 6.55. The fraction of sp³-hybridized carbons (Fsp3) is 0.500. The normalized spacial score (nSPS) is 14.6. The van der Waals surface area contributed by atoms with E-state index in [4.69, 9.17) is 5.73 Å². The van der Waals surface area contributed by atoms with E-state index in [1.165, 1.54) is 12.8 Å². The minimum absolute atomic E-state index is 0. The molecule has 1 aromatic carbocycles. The van der Waals surface area contributed by atoms with Crippen LogP contribution in [-0.2, 0) is 4.79 Å². The summed E-state index contributed by atoms with van der Waals surface area (Å²) in [7, 11) is 0. The first-order chi connectivity index (χ1) is 10.2. The second-order valence-electron chi connectivity index (χ2n) is 5.53. The molecule has 0 spiro atoms. The monoisotopic (exact) mass is 325 g/mol. The molecule has 1 fully saturated rings. The molecule has 1 atom stereocenters. The molecular weight excluding hydrogens is 302 g/mol. The van der Waals surface area contributed by atoms with E-state index in [-0.39, 0.29) is 30.3 Å². The number of amides is 2. The van der Waals surface area contributed by atoms with Gasteiger partial charge in [0.1, 0.15) is 0 Å². The van der Waals surface area contributed by atoms with Gasteiger partial charge in [-0.3, -0.25) is 9.59 Å². The Bertz CT molecular complexity index is 478. The zero-order valence-electron chi connectivity index (χ0n) is 12.6. The van der Waals surface area contributed by atoms with Crippen molar-refractivity contribution in [1.29, 1.82) is 0 Å². The quantitative estimate of drug-likeness (QED) is 0.633. The molecule has 1 aliphatic rings. The van der Waals surface area contributed by atoms with Gasteiger partial charge in [-0.05, 0) is 37.3 Å². The topological polar surface area (TPSA) is 84.2 Å². The molecular formula is C16H24ClN3O2. The van der Waals surface area contributed by atoms with Gasteiger partial charge in [0.15, 0.2) is 0 Å². The standard InChI is InChI=1S/C16H23N3O2.ClH/c17-14(12-8-9-12)11-19-15(20)7-4-10-18-16(21)13-5-2-1-3-6-13;/h1-3,5-6,12,14H,4,7-11,17H2,(H,18,21)(H,19,20);1H. The lowest BCUT2D eigenvalue weighted by Gasteiger charge is -2.11. The van der Waals surface area contributed by atoms with Gasteiger partial charge in [-0.2, -0.15) is 0 Å². The van der Waals surface area contributed by atoms with Crippen LogP contribution in [0.15, 0.2) is 30.3 Å². The van der Waals surface area contributed by atoms with Crippen LogP contribution in [0, 0.1) is 5.92 Å². The minimum Gasteiger partial charge on any atom is -0.355 e. The number of nitrogens with two attached hydrogens (primary N) is 1. The van der Waals surface area contributed by atoms with E-state index in [1.54, 1.807) is 12.1 Å². The van der Waals surface area contributed by atoms with Crippen molar-refractivity contribution in [2.45, 2.75) is 31.7 Å². The number of hydrogen-bond acceptors (Lipinski definition) is 3. The van der Waals surface area contributed by atoms with Gasteiger partial charge in [-0.1, -0.05) is 18.2 Å². The number of benzene rings is 1. The lowest BCUT2D eigenvalue weighted by molar-refractivity contribution is -0.121. The van der Waals surface area contributed by atoms with Gasteiger partial charge in [-0.25, -0.2) is 0 Å². The molecule has 1 aliphatic carbocycles. The predicted molar refractivity (Wildman–Crippen MR) is 89.0 cm³/mol. The molecule has 1 aromatic rings. The van der Waals surface area contributed by atoms with Crippen LogP contribution < -0.4 is 16.4 Å². The number of hydrogen-bond donors (Lipinski definition) is 3. The number of halogens is 1. The van der Waals surface area contributed by atoms with Gasteiger partial charge in [0.05, 0.1) is 0 Å². The van der Waals surface area contributed by atoms with E-state index in [0.29, 0.717) is 37.4 Å². The molecule has 1 saturated carbocycles. The highest BCUT2D eigenvalue weighted by atomic mass is 35.5. The number of rotatable bonds is 8. The first-order valence-corrected chi connectivity index (χ1v) is 7.52. The second kappa shape index (κ2) is 9.43. The van der Waals surface area contributed by atoms with Crippen molar-refractivity contribution in [3.63, 3.8) is 0 Å². The van der Waals surface area contributed by atoms with Crippen molar-refractivity contribution in [2.24, 2.45) is 11.7 Å². The molecule has 1 unspecified atom stereocenters. The highest BCUT2D eigenvalue weighted by molar-refractivity contribution is 5.94.